The van der Waals surface area contributed by atoms with E-state index in [4.69, 9.17) is 16.3 Å². The molecule has 0 aliphatic heterocycles. The lowest BCUT2D eigenvalue weighted by atomic mass is 9.87. The van der Waals surface area contributed by atoms with E-state index in [2.05, 4.69) is 15.4 Å². The number of carbonyl (C=O) groups is 1. The normalized spacial score (nSPS) is 11.3. The quantitative estimate of drug-likeness (QED) is 0.351. The molecule has 0 atom stereocenters. The Balaban J connectivity index is 1.50. The van der Waals surface area contributed by atoms with E-state index in [9.17, 15) is 4.79 Å². The van der Waals surface area contributed by atoms with Crippen LogP contribution in [0.3, 0.4) is 0 Å². The van der Waals surface area contributed by atoms with Gasteiger partial charge in [-0.1, -0.05) is 48.0 Å². The van der Waals surface area contributed by atoms with Crippen molar-refractivity contribution in [1.29, 1.82) is 0 Å². The van der Waals surface area contributed by atoms with Crippen molar-refractivity contribution in [2.24, 2.45) is 0 Å². The van der Waals surface area contributed by atoms with E-state index in [1.165, 1.54) is 0 Å². The molecule has 0 spiro atoms. The van der Waals surface area contributed by atoms with Gasteiger partial charge in [-0.05, 0) is 56.7 Å². The van der Waals surface area contributed by atoms with Crippen molar-refractivity contribution in [2.45, 2.75) is 39.3 Å². The molecule has 2 aromatic carbocycles. The molecule has 0 saturated heterocycles. The van der Waals surface area contributed by atoms with Crippen molar-refractivity contribution in [3.8, 4) is 5.75 Å². The van der Waals surface area contributed by atoms with Crippen LogP contribution >= 0.6 is 11.6 Å². The summed E-state index contributed by atoms with van der Waals surface area (Å²) in [5, 5.41) is 8.16. The Labute approximate surface area is 204 Å². The molecule has 0 saturated carbocycles. The minimum absolute atomic E-state index is 0.175. The van der Waals surface area contributed by atoms with Crippen LogP contribution < -0.4 is 10.1 Å². The first-order valence-corrected chi connectivity index (χ1v) is 11.4. The number of hydrogen-bond donors (Lipinski definition) is 1. The molecule has 0 aliphatic carbocycles. The average Bonchev–Trinajstić information content (AvgIpc) is 3.18. The maximum Gasteiger partial charge on any atom is 0.237 e. The fraction of sp³-hybridized carbons (Fsp3) is 0.222. The summed E-state index contributed by atoms with van der Waals surface area (Å²) in [4.78, 5) is 17.3. The van der Waals surface area contributed by atoms with Gasteiger partial charge in [0.05, 0.1) is 17.7 Å². The molecule has 34 heavy (non-hydrogen) atoms. The van der Waals surface area contributed by atoms with Crippen molar-refractivity contribution in [1.82, 2.24) is 14.8 Å². The standard InChI is InChI=1S/C27H27ClN4O2/c1-19-15-25(30-26(33)27(2,3)24-11-7-8-14-29-24)31-32(19)17-21-16-22(28)12-13-23(21)34-18-20-9-5-4-6-10-20/h4-16H,17-18H2,1-3H3,(H,30,31,33). The lowest BCUT2D eigenvalue weighted by Gasteiger charge is -2.22. The summed E-state index contributed by atoms with van der Waals surface area (Å²) in [7, 11) is 0. The molecule has 6 nitrogen and oxygen atoms in total. The van der Waals surface area contributed by atoms with Crippen molar-refractivity contribution in [2.75, 3.05) is 5.32 Å². The monoisotopic (exact) mass is 474 g/mol. The fourth-order valence-corrected chi connectivity index (χ4v) is 3.76. The minimum atomic E-state index is -0.801. The number of pyridine rings is 1. The molecule has 4 rings (SSSR count). The molecule has 0 bridgehead atoms. The molecule has 0 fully saturated rings. The van der Waals surface area contributed by atoms with E-state index < -0.39 is 5.41 Å². The van der Waals surface area contributed by atoms with E-state index in [-0.39, 0.29) is 5.91 Å². The van der Waals surface area contributed by atoms with E-state index in [1.807, 2.05) is 98.2 Å². The third-order valence-corrected chi connectivity index (χ3v) is 5.91. The number of rotatable bonds is 8. The third kappa shape index (κ3) is 5.46. The molecular weight excluding hydrogens is 448 g/mol. The van der Waals surface area contributed by atoms with Gasteiger partial charge < -0.3 is 10.1 Å². The van der Waals surface area contributed by atoms with Crippen LogP contribution in [0.15, 0.2) is 79.0 Å². The van der Waals surface area contributed by atoms with Crippen LogP contribution in [-0.4, -0.2) is 20.7 Å². The third-order valence-electron chi connectivity index (χ3n) is 5.68. The highest BCUT2D eigenvalue weighted by atomic mass is 35.5. The number of nitrogens with zero attached hydrogens (tertiary/aromatic N) is 3. The topological polar surface area (TPSA) is 69.0 Å². The molecule has 2 heterocycles. The van der Waals surface area contributed by atoms with Gasteiger partial charge in [-0.15, -0.1) is 0 Å². The van der Waals surface area contributed by atoms with E-state index in [0.717, 1.165) is 22.6 Å². The second kappa shape index (κ2) is 10.1. The predicted octanol–water partition coefficient (Wildman–Crippen LogP) is 5.78. The lowest BCUT2D eigenvalue weighted by molar-refractivity contribution is -0.120. The van der Waals surface area contributed by atoms with Crippen LogP contribution in [-0.2, 0) is 23.4 Å². The molecule has 1 amide bonds. The molecular formula is C27H27ClN4O2. The number of carbonyl (C=O) groups excluding carboxylic acids is 1. The van der Waals surface area contributed by atoms with Gasteiger partial charge >= 0.3 is 0 Å². The highest BCUT2D eigenvalue weighted by molar-refractivity contribution is 6.30. The van der Waals surface area contributed by atoms with Crippen molar-refractivity contribution >= 4 is 23.3 Å². The van der Waals surface area contributed by atoms with E-state index in [0.29, 0.717) is 29.7 Å². The number of aryl methyl sites for hydroxylation is 1. The van der Waals surface area contributed by atoms with Crippen LogP contribution in [0.4, 0.5) is 5.82 Å². The molecule has 0 aliphatic rings. The highest BCUT2D eigenvalue weighted by Gasteiger charge is 2.31. The Bertz CT molecular complexity index is 1270. The number of ether oxygens (including phenoxy) is 1. The smallest absolute Gasteiger partial charge is 0.237 e. The van der Waals surface area contributed by atoms with Crippen LogP contribution in [0.1, 0.15) is 36.4 Å². The Hall–Kier alpha value is -3.64. The molecule has 7 heteroatoms. The highest BCUT2D eigenvalue weighted by Crippen LogP contribution is 2.27. The van der Waals surface area contributed by atoms with Crippen LogP contribution in [0, 0.1) is 6.92 Å². The van der Waals surface area contributed by atoms with Crippen molar-refractivity contribution < 1.29 is 9.53 Å². The van der Waals surface area contributed by atoms with Gasteiger partial charge in [-0.2, -0.15) is 5.10 Å². The second-order valence-corrected chi connectivity index (χ2v) is 9.09. The van der Waals surface area contributed by atoms with E-state index >= 15 is 0 Å². The zero-order valence-electron chi connectivity index (χ0n) is 19.5. The molecule has 4 aromatic rings. The summed E-state index contributed by atoms with van der Waals surface area (Å²) < 4.78 is 7.90. The molecule has 1 N–H and O–H groups in total. The van der Waals surface area contributed by atoms with Gasteiger partial charge in [0.1, 0.15) is 12.4 Å². The fourth-order valence-electron chi connectivity index (χ4n) is 3.56. The van der Waals surface area contributed by atoms with Crippen LogP contribution in [0.2, 0.25) is 5.02 Å². The first kappa shape index (κ1) is 23.5. The number of aromatic nitrogens is 3. The zero-order chi connectivity index (χ0) is 24.1. The summed E-state index contributed by atoms with van der Waals surface area (Å²) in [5.41, 5.74) is 2.79. The number of anilines is 1. The summed E-state index contributed by atoms with van der Waals surface area (Å²) in [6.45, 7) is 6.54. The Morgan fingerprint density at radius 1 is 1.06 bits per heavy atom. The maximum absolute atomic E-state index is 13.0. The lowest BCUT2D eigenvalue weighted by Crippen LogP contribution is -2.35. The summed E-state index contributed by atoms with van der Waals surface area (Å²) in [5.74, 6) is 1.05. The predicted molar refractivity (Wildman–Crippen MR) is 134 cm³/mol. The SMILES string of the molecule is Cc1cc(NC(=O)C(C)(C)c2ccccn2)nn1Cc1cc(Cl)ccc1OCc1ccccc1. The van der Waals surface area contributed by atoms with Gasteiger partial charge in [0.25, 0.3) is 0 Å². The summed E-state index contributed by atoms with van der Waals surface area (Å²) in [6, 6.07) is 23.0. The Morgan fingerprint density at radius 3 is 2.56 bits per heavy atom. The van der Waals surface area contributed by atoms with Crippen LogP contribution in [0.5, 0.6) is 5.75 Å². The molecule has 2 aromatic heterocycles. The number of benzene rings is 2. The average molecular weight is 475 g/mol. The Kier molecular flexibility index (Phi) is 6.98. The second-order valence-electron chi connectivity index (χ2n) is 8.65. The largest absolute Gasteiger partial charge is 0.489 e. The minimum Gasteiger partial charge on any atom is -0.489 e. The van der Waals surface area contributed by atoms with Crippen LogP contribution in [0.25, 0.3) is 0 Å². The summed E-state index contributed by atoms with van der Waals surface area (Å²) in [6.07, 6.45) is 1.69. The number of amides is 1. The van der Waals surface area contributed by atoms with Gasteiger partial charge in [-0.25, -0.2) is 0 Å². The number of nitrogens with one attached hydrogen (secondary N) is 1. The van der Waals surface area contributed by atoms with Crippen molar-refractivity contribution in [3.63, 3.8) is 0 Å². The first-order chi connectivity index (χ1) is 16.3. The molecule has 0 unspecified atom stereocenters. The number of hydrogen-bond acceptors (Lipinski definition) is 4. The summed E-state index contributed by atoms with van der Waals surface area (Å²) >= 11 is 6.27. The molecule has 0 radical (unpaired) electrons. The van der Waals surface area contributed by atoms with Gasteiger partial charge in [0, 0.05) is 28.5 Å². The van der Waals surface area contributed by atoms with Gasteiger partial charge in [0.15, 0.2) is 5.82 Å². The Morgan fingerprint density at radius 2 is 1.82 bits per heavy atom. The first-order valence-electron chi connectivity index (χ1n) is 11.1. The van der Waals surface area contributed by atoms with Crippen molar-refractivity contribution in [3.05, 3.63) is 107 Å². The molecule has 174 valence electrons. The zero-order valence-corrected chi connectivity index (χ0v) is 20.2. The van der Waals surface area contributed by atoms with Gasteiger partial charge in [-0.3, -0.25) is 14.5 Å². The number of halogens is 1. The van der Waals surface area contributed by atoms with E-state index in [1.54, 1.807) is 6.20 Å². The maximum atomic E-state index is 13.0. The van der Waals surface area contributed by atoms with Gasteiger partial charge in [0.2, 0.25) is 5.91 Å².